The van der Waals surface area contributed by atoms with Crippen LogP contribution in [0.3, 0.4) is 0 Å². The zero-order valence-electron chi connectivity index (χ0n) is 33.6. The second-order valence-corrected chi connectivity index (χ2v) is 13.5. The Bertz CT molecular complexity index is 2330. The lowest BCUT2D eigenvalue weighted by atomic mass is 9.89. The molecule has 312 valence electrons. The molecular formula is C48H53N5O7. The Hall–Kier alpha value is -7.00. The number of fused-ring (bicyclic) bond motifs is 1. The number of terminal acetylenes is 1. The molecule has 0 atom stereocenters. The molecule has 1 saturated carbocycles. The van der Waals surface area contributed by atoms with E-state index in [-0.39, 0.29) is 48.6 Å². The minimum absolute atomic E-state index is 0. The van der Waals surface area contributed by atoms with Crippen LogP contribution in [0.2, 0.25) is 0 Å². The van der Waals surface area contributed by atoms with Gasteiger partial charge in [-0.25, -0.2) is 14.8 Å². The molecule has 3 aromatic carbocycles. The van der Waals surface area contributed by atoms with Crippen LogP contribution in [-0.2, 0) is 20.7 Å². The van der Waals surface area contributed by atoms with Crippen molar-refractivity contribution in [2.45, 2.75) is 59.8 Å². The van der Waals surface area contributed by atoms with Gasteiger partial charge in [0.2, 0.25) is 5.91 Å². The number of carbonyl (C=O) groups excluding carboxylic acids is 4. The molecule has 6 rings (SSSR count). The second kappa shape index (κ2) is 23.4. The minimum atomic E-state index is -0.623. The molecule has 0 radical (unpaired) electrons. The van der Waals surface area contributed by atoms with Crippen LogP contribution in [-0.4, -0.2) is 60.5 Å². The third-order valence-electron chi connectivity index (χ3n) is 9.58. The summed E-state index contributed by atoms with van der Waals surface area (Å²) in [5.41, 5.74) is 2.96. The summed E-state index contributed by atoms with van der Waals surface area (Å²) in [5.74, 6) is 2.75. The Morgan fingerprint density at radius 3 is 2.12 bits per heavy atom. The predicted octanol–water partition coefficient (Wildman–Crippen LogP) is 8.89. The summed E-state index contributed by atoms with van der Waals surface area (Å²) >= 11 is 0. The number of rotatable bonds is 14. The summed E-state index contributed by atoms with van der Waals surface area (Å²) in [6.07, 6.45) is 16.0. The van der Waals surface area contributed by atoms with Gasteiger partial charge in [0.15, 0.2) is 11.4 Å². The Morgan fingerprint density at radius 2 is 1.43 bits per heavy atom. The van der Waals surface area contributed by atoms with Gasteiger partial charge in [-0.05, 0) is 80.0 Å². The van der Waals surface area contributed by atoms with Crippen LogP contribution in [0.15, 0.2) is 103 Å². The summed E-state index contributed by atoms with van der Waals surface area (Å²) in [6.45, 7) is 5.43. The van der Waals surface area contributed by atoms with Gasteiger partial charge in [0, 0.05) is 41.5 Å². The van der Waals surface area contributed by atoms with Gasteiger partial charge in [0.05, 0.1) is 38.1 Å². The van der Waals surface area contributed by atoms with Crippen LogP contribution in [0.5, 0.6) is 5.75 Å². The molecule has 60 heavy (non-hydrogen) atoms. The summed E-state index contributed by atoms with van der Waals surface area (Å²) < 4.78 is 16.0. The SMILES string of the molecule is C.C#C/C=C(/OCC)c1ccccc1CC(=O)Nc1cccnc1C(=O)OC.CCOc1ccc(C(=O)Nc2cccnc2C(=O)NCC2CCCCC2)c2ccccc12. The average molecular weight is 812 g/mol. The topological polar surface area (TPSA) is 158 Å². The number of pyridine rings is 2. The van der Waals surface area contributed by atoms with Crippen LogP contribution < -0.4 is 20.7 Å². The number of aromatic nitrogens is 2. The van der Waals surface area contributed by atoms with Gasteiger partial charge in [-0.15, -0.1) is 6.42 Å². The van der Waals surface area contributed by atoms with Gasteiger partial charge in [-0.3, -0.25) is 14.4 Å². The Balaban J connectivity index is 0.000000264. The van der Waals surface area contributed by atoms with E-state index in [2.05, 4.69) is 36.6 Å². The fourth-order valence-electron chi connectivity index (χ4n) is 6.82. The molecule has 0 unspecified atom stereocenters. The molecule has 3 amide bonds. The molecule has 12 nitrogen and oxygen atoms in total. The number of esters is 1. The molecule has 5 aromatic rings. The number of nitrogens with one attached hydrogen (secondary N) is 3. The lowest BCUT2D eigenvalue weighted by Gasteiger charge is -2.21. The van der Waals surface area contributed by atoms with Crippen LogP contribution in [0.4, 0.5) is 11.4 Å². The first-order valence-corrected chi connectivity index (χ1v) is 19.7. The number of allylic oxidation sites excluding steroid dienone is 1. The van der Waals surface area contributed by atoms with Crippen LogP contribution >= 0.6 is 0 Å². The van der Waals surface area contributed by atoms with Crippen molar-refractivity contribution in [1.82, 2.24) is 15.3 Å². The number of anilines is 2. The molecule has 0 bridgehead atoms. The first kappa shape index (κ1) is 45.7. The summed E-state index contributed by atoms with van der Waals surface area (Å²) in [5, 5.41) is 10.3. The summed E-state index contributed by atoms with van der Waals surface area (Å²) in [4.78, 5) is 58.5. The molecule has 0 saturated heterocycles. The van der Waals surface area contributed by atoms with Crippen molar-refractivity contribution >= 4 is 51.6 Å². The van der Waals surface area contributed by atoms with E-state index in [0.29, 0.717) is 42.7 Å². The van der Waals surface area contributed by atoms with Crippen LogP contribution in [0, 0.1) is 18.3 Å². The molecule has 3 N–H and O–H groups in total. The number of nitrogens with zero attached hydrogens (tertiary/aromatic N) is 2. The highest BCUT2D eigenvalue weighted by atomic mass is 16.5. The van der Waals surface area contributed by atoms with E-state index in [1.165, 1.54) is 38.6 Å². The van der Waals surface area contributed by atoms with Crippen molar-refractivity contribution in [2.75, 3.05) is 37.5 Å². The number of carbonyl (C=O) groups is 4. The van der Waals surface area contributed by atoms with E-state index in [1.807, 2.05) is 68.4 Å². The van der Waals surface area contributed by atoms with E-state index in [0.717, 1.165) is 40.5 Å². The van der Waals surface area contributed by atoms with Crippen molar-refractivity contribution in [2.24, 2.45) is 5.92 Å². The van der Waals surface area contributed by atoms with Crippen molar-refractivity contribution in [3.05, 3.63) is 131 Å². The third-order valence-corrected chi connectivity index (χ3v) is 9.58. The maximum Gasteiger partial charge on any atom is 0.358 e. The highest BCUT2D eigenvalue weighted by molar-refractivity contribution is 6.15. The number of hydrogen-bond donors (Lipinski definition) is 3. The zero-order chi connectivity index (χ0) is 42.0. The summed E-state index contributed by atoms with van der Waals surface area (Å²) in [6, 6.07) is 25.2. The molecular weight excluding hydrogens is 759 g/mol. The number of methoxy groups -OCH3 is 1. The smallest absolute Gasteiger partial charge is 0.358 e. The van der Waals surface area contributed by atoms with E-state index in [4.69, 9.17) is 15.9 Å². The standard InChI is InChI=1S/C26H29N3O3.C21H20N2O4.CH4/c1-2-32-23-15-14-21(19-11-6-7-12-20(19)23)25(30)29-22-13-8-16-27-24(22)26(31)28-17-18-9-4-3-5-10-18;1-4-9-18(27-5-2)16-11-7-6-10-15(16)14-19(24)23-17-12-8-13-22-20(17)21(25)26-3;/h6-8,11-16,18H,2-5,9-10,17H2,1H3,(H,28,31)(H,29,30);1,6-13H,5,14H2,2-3H3,(H,23,24);1H4/b;18-9+;. The van der Waals surface area contributed by atoms with Gasteiger partial charge in [0.1, 0.15) is 11.5 Å². The maximum atomic E-state index is 13.2. The van der Waals surface area contributed by atoms with Crippen molar-refractivity contribution in [3.63, 3.8) is 0 Å². The number of benzene rings is 3. The number of hydrogen-bond acceptors (Lipinski definition) is 9. The predicted molar refractivity (Wildman–Crippen MR) is 236 cm³/mol. The van der Waals surface area contributed by atoms with Crippen molar-refractivity contribution in [3.8, 4) is 18.1 Å². The molecule has 2 heterocycles. The lowest BCUT2D eigenvalue weighted by molar-refractivity contribution is -0.115. The van der Waals surface area contributed by atoms with Crippen LogP contribution in [0.1, 0.15) is 95.8 Å². The maximum absolute atomic E-state index is 13.2. The van der Waals surface area contributed by atoms with Gasteiger partial charge < -0.3 is 30.2 Å². The Labute approximate surface area is 352 Å². The molecule has 0 spiro atoms. The summed E-state index contributed by atoms with van der Waals surface area (Å²) in [7, 11) is 1.26. The van der Waals surface area contributed by atoms with Gasteiger partial charge in [0.25, 0.3) is 11.8 Å². The van der Waals surface area contributed by atoms with E-state index < -0.39 is 5.97 Å². The zero-order valence-corrected chi connectivity index (χ0v) is 33.6. The number of ether oxygens (including phenoxy) is 3. The van der Waals surface area contributed by atoms with Crippen molar-refractivity contribution in [1.29, 1.82) is 0 Å². The molecule has 0 aliphatic heterocycles. The van der Waals surface area contributed by atoms with E-state index >= 15 is 0 Å². The first-order chi connectivity index (χ1) is 28.8. The molecule has 12 heteroatoms. The third kappa shape index (κ3) is 12.3. The van der Waals surface area contributed by atoms with E-state index in [9.17, 15) is 19.2 Å². The van der Waals surface area contributed by atoms with Gasteiger partial charge >= 0.3 is 5.97 Å². The Kier molecular flexibility index (Phi) is 17.8. The quantitative estimate of drug-likeness (QED) is 0.0566. The average Bonchev–Trinajstić information content (AvgIpc) is 3.26. The molecule has 1 aliphatic rings. The fourth-order valence-corrected chi connectivity index (χ4v) is 6.82. The van der Waals surface area contributed by atoms with E-state index in [1.54, 1.807) is 36.5 Å². The second-order valence-electron chi connectivity index (χ2n) is 13.5. The molecule has 1 aliphatic carbocycles. The highest BCUT2D eigenvalue weighted by Crippen LogP contribution is 2.30. The number of amides is 3. The molecule has 2 aromatic heterocycles. The lowest BCUT2D eigenvalue weighted by Crippen LogP contribution is -2.31. The molecule has 1 fully saturated rings. The normalized spacial score (nSPS) is 12.3. The van der Waals surface area contributed by atoms with Gasteiger partial charge in [-0.1, -0.05) is 81.1 Å². The largest absolute Gasteiger partial charge is 0.493 e. The van der Waals surface area contributed by atoms with Crippen molar-refractivity contribution < 1.29 is 33.4 Å². The minimum Gasteiger partial charge on any atom is -0.493 e. The fraction of sp³-hybridized carbons (Fsp3) is 0.292. The van der Waals surface area contributed by atoms with Crippen LogP contribution in [0.25, 0.3) is 16.5 Å². The van der Waals surface area contributed by atoms with Gasteiger partial charge in [-0.2, -0.15) is 0 Å². The highest BCUT2D eigenvalue weighted by Gasteiger charge is 2.21. The monoisotopic (exact) mass is 811 g/mol. The Morgan fingerprint density at radius 1 is 0.767 bits per heavy atom. The first-order valence-electron chi connectivity index (χ1n) is 19.7.